The maximum absolute atomic E-state index is 11.3. The number of aliphatic hydroxyl groups excluding tert-OH is 1. The van der Waals surface area contributed by atoms with Gasteiger partial charge in [-0.3, -0.25) is 5.32 Å². The van der Waals surface area contributed by atoms with Crippen molar-refractivity contribution in [2.75, 3.05) is 25.6 Å². The van der Waals surface area contributed by atoms with Crippen molar-refractivity contribution < 1.29 is 24.1 Å². The highest BCUT2D eigenvalue weighted by Crippen LogP contribution is 2.38. The van der Waals surface area contributed by atoms with Crippen molar-refractivity contribution >= 4 is 17.4 Å². The van der Waals surface area contributed by atoms with Crippen molar-refractivity contribution in [1.82, 2.24) is 14.4 Å². The largest absolute Gasteiger partial charge is 0.490 e. The standard InChI is InChI=1S/C23H27N5O5/c1-13-5-17(19-10-21(27-22(24)30)25-12-28(13)19)18-8-16(33-15-6-14(29)7-15)9-20(26-18)23(31-2)3-4-32-11-23/h5,8-10,12,14-15,29H,3-4,6-7,11H2,1-2H3,(H3,24,27,30)/t14?,15?,23-/m0/s1. The zero-order valence-corrected chi connectivity index (χ0v) is 18.6. The summed E-state index contributed by atoms with van der Waals surface area (Å²) < 4.78 is 19.6. The number of aliphatic hydroxyl groups is 1. The Morgan fingerprint density at radius 1 is 1.33 bits per heavy atom. The third kappa shape index (κ3) is 4.01. The minimum absolute atomic E-state index is 0.0375. The van der Waals surface area contributed by atoms with Crippen LogP contribution in [0.5, 0.6) is 5.75 Å². The molecule has 1 saturated carbocycles. The van der Waals surface area contributed by atoms with Crippen molar-refractivity contribution in [3.05, 3.63) is 42.0 Å². The SMILES string of the molecule is CO[C@@]1(c2cc(OC3CC(O)C3)cc(-c3cc(C)n4cnc(NC(N)=O)cc34)n2)CCOC1. The van der Waals surface area contributed by atoms with E-state index in [1.165, 1.54) is 0 Å². The molecule has 3 aromatic rings. The summed E-state index contributed by atoms with van der Waals surface area (Å²) in [6.45, 7) is 2.97. The van der Waals surface area contributed by atoms with Crippen LogP contribution in [0.25, 0.3) is 16.8 Å². The second kappa shape index (κ2) is 8.29. The first kappa shape index (κ1) is 21.6. The Balaban J connectivity index is 1.62. The van der Waals surface area contributed by atoms with Crippen molar-refractivity contribution in [1.29, 1.82) is 0 Å². The third-order valence-corrected chi connectivity index (χ3v) is 6.40. The fourth-order valence-electron chi connectivity index (χ4n) is 4.44. The molecule has 2 aliphatic rings. The van der Waals surface area contributed by atoms with Crippen LogP contribution in [0, 0.1) is 6.92 Å². The number of aromatic nitrogens is 3. The first-order valence-corrected chi connectivity index (χ1v) is 10.9. The van der Waals surface area contributed by atoms with Crippen molar-refractivity contribution in [2.24, 2.45) is 5.73 Å². The molecule has 10 heteroatoms. The van der Waals surface area contributed by atoms with Crippen LogP contribution < -0.4 is 15.8 Å². The monoisotopic (exact) mass is 453 g/mol. The van der Waals surface area contributed by atoms with Gasteiger partial charge in [0.15, 0.2) is 0 Å². The highest BCUT2D eigenvalue weighted by atomic mass is 16.5. The quantitative estimate of drug-likeness (QED) is 0.522. The Hall–Kier alpha value is -3.21. The van der Waals surface area contributed by atoms with Crippen LogP contribution in [0.1, 0.15) is 30.7 Å². The smallest absolute Gasteiger partial charge is 0.317 e. The second-order valence-electron chi connectivity index (χ2n) is 8.66. The van der Waals surface area contributed by atoms with E-state index < -0.39 is 11.6 Å². The number of carbonyl (C=O) groups excluding carboxylic acids is 1. The van der Waals surface area contributed by atoms with E-state index in [2.05, 4.69) is 10.3 Å². The first-order valence-electron chi connectivity index (χ1n) is 10.9. The number of pyridine rings is 1. The highest BCUT2D eigenvalue weighted by Gasteiger charge is 2.39. The number of anilines is 1. The summed E-state index contributed by atoms with van der Waals surface area (Å²) >= 11 is 0. The number of methoxy groups -OCH3 is 1. The van der Waals surface area contributed by atoms with Crippen LogP contribution in [0.3, 0.4) is 0 Å². The Labute approximate surface area is 190 Å². The summed E-state index contributed by atoms with van der Waals surface area (Å²) in [5.74, 6) is 1.01. The summed E-state index contributed by atoms with van der Waals surface area (Å²) in [7, 11) is 1.66. The number of rotatable bonds is 6. The molecule has 0 radical (unpaired) electrons. The van der Waals surface area contributed by atoms with Crippen LogP contribution in [-0.2, 0) is 15.1 Å². The van der Waals surface area contributed by atoms with Gasteiger partial charge in [0.1, 0.15) is 29.6 Å². The normalized spacial score (nSPS) is 24.6. The molecule has 2 amide bonds. The minimum atomic E-state index is -0.682. The molecule has 3 aromatic heterocycles. The zero-order valence-electron chi connectivity index (χ0n) is 18.6. The number of hydrogen-bond acceptors (Lipinski definition) is 7. The fourth-order valence-corrected chi connectivity index (χ4v) is 4.44. The molecule has 2 fully saturated rings. The van der Waals surface area contributed by atoms with Crippen LogP contribution in [0.4, 0.5) is 10.6 Å². The lowest BCUT2D eigenvalue weighted by Gasteiger charge is -2.32. The van der Waals surface area contributed by atoms with E-state index in [4.69, 9.17) is 24.9 Å². The summed E-state index contributed by atoms with van der Waals surface area (Å²) in [6, 6.07) is 6.88. The summed E-state index contributed by atoms with van der Waals surface area (Å²) in [5, 5.41) is 12.2. The van der Waals surface area contributed by atoms with Gasteiger partial charge in [-0.1, -0.05) is 0 Å². The maximum atomic E-state index is 11.3. The predicted octanol–water partition coefficient (Wildman–Crippen LogP) is 2.36. The van der Waals surface area contributed by atoms with Gasteiger partial charge in [-0.25, -0.2) is 14.8 Å². The third-order valence-electron chi connectivity index (χ3n) is 6.40. The second-order valence-corrected chi connectivity index (χ2v) is 8.66. The molecule has 1 atom stereocenters. The van der Waals surface area contributed by atoms with Crippen LogP contribution in [-0.4, -0.2) is 58.0 Å². The molecule has 33 heavy (non-hydrogen) atoms. The van der Waals surface area contributed by atoms with Gasteiger partial charge in [-0.15, -0.1) is 0 Å². The molecule has 4 heterocycles. The molecule has 0 aromatic carbocycles. The van der Waals surface area contributed by atoms with E-state index in [0.717, 1.165) is 22.5 Å². The Bertz CT molecular complexity index is 1200. The van der Waals surface area contributed by atoms with E-state index >= 15 is 0 Å². The maximum Gasteiger partial charge on any atom is 0.317 e. The Morgan fingerprint density at radius 3 is 2.82 bits per heavy atom. The van der Waals surface area contributed by atoms with E-state index in [1.807, 2.05) is 29.5 Å². The van der Waals surface area contributed by atoms with Gasteiger partial charge in [0.05, 0.1) is 29.6 Å². The lowest BCUT2D eigenvalue weighted by molar-refractivity contribution is -0.0260. The number of primary amides is 1. The van der Waals surface area contributed by atoms with Crippen molar-refractivity contribution in [3.8, 4) is 17.0 Å². The lowest BCUT2D eigenvalue weighted by atomic mass is 9.92. The average molecular weight is 453 g/mol. The number of amides is 2. The number of ether oxygens (including phenoxy) is 3. The summed E-state index contributed by atoms with van der Waals surface area (Å²) in [5.41, 5.74) is 8.68. The summed E-state index contributed by atoms with van der Waals surface area (Å²) in [4.78, 5) is 20.5. The molecule has 10 nitrogen and oxygen atoms in total. The average Bonchev–Trinajstić information content (AvgIpc) is 3.38. The van der Waals surface area contributed by atoms with Gasteiger partial charge >= 0.3 is 6.03 Å². The van der Waals surface area contributed by atoms with Crippen LogP contribution >= 0.6 is 0 Å². The summed E-state index contributed by atoms with van der Waals surface area (Å²) in [6.07, 6.45) is 3.18. The first-order chi connectivity index (χ1) is 15.9. The van der Waals surface area contributed by atoms with Crippen LogP contribution in [0.15, 0.2) is 30.6 Å². The number of fused-ring (bicyclic) bond motifs is 1. The van der Waals surface area contributed by atoms with Gasteiger partial charge in [0.25, 0.3) is 0 Å². The molecule has 0 spiro atoms. The van der Waals surface area contributed by atoms with E-state index in [0.29, 0.717) is 49.7 Å². The molecule has 0 unspecified atom stereocenters. The number of urea groups is 1. The van der Waals surface area contributed by atoms with Crippen LogP contribution in [0.2, 0.25) is 0 Å². The van der Waals surface area contributed by atoms with Gasteiger partial charge < -0.3 is 29.5 Å². The van der Waals surface area contributed by atoms with Crippen molar-refractivity contribution in [2.45, 2.75) is 44.0 Å². The van der Waals surface area contributed by atoms with Crippen molar-refractivity contribution in [3.63, 3.8) is 0 Å². The van der Waals surface area contributed by atoms with E-state index in [9.17, 15) is 9.90 Å². The molecule has 5 rings (SSSR count). The van der Waals surface area contributed by atoms with Gasteiger partial charge in [0.2, 0.25) is 0 Å². The van der Waals surface area contributed by atoms with Gasteiger partial charge in [-0.2, -0.15) is 0 Å². The molecule has 1 aliphatic carbocycles. The lowest BCUT2D eigenvalue weighted by Crippen LogP contribution is -2.37. The number of nitrogens with one attached hydrogen (secondary N) is 1. The highest BCUT2D eigenvalue weighted by molar-refractivity contribution is 5.89. The minimum Gasteiger partial charge on any atom is -0.490 e. The molecule has 1 aliphatic heterocycles. The molecular weight excluding hydrogens is 426 g/mol. The number of hydrogen-bond donors (Lipinski definition) is 3. The molecule has 1 saturated heterocycles. The molecular formula is C23H27N5O5. The zero-order chi connectivity index (χ0) is 23.2. The molecule has 0 bridgehead atoms. The number of nitrogens with two attached hydrogens (primary N) is 1. The van der Waals surface area contributed by atoms with Gasteiger partial charge in [0, 0.05) is 62.4 Å². The number of nitrogens with zero attached hydrogens (tertiary/aromatic N) is 3. The molecule has 4 N–H and O–H groups in total. The number of carbonyl (C=O) groups is 1. The van der Waals surface area contributed by atoms with E-state index in [1.54, 1.807) is 19.5 Å². The van der Waals surface area contributed by atoms with E-state index in [-0.39, 0.29) is 12.2 Å². The predicted molar refractivity (Wildman–Crippen MR) is 120 cm³/mol. The Kier molecular flexibility index (Phi) is 5.43. The topological polar surface area (TPSA) is 133 Å². The Morgan fingerprint density at radius 2 is 2.15 bits per heavy atom. The molecule has 174 valence electrons. The fraction of sp³-hybridized carbons (Fsp3) is 0.435. The van der Waals surface area contributed by atoms with Gasteiger partial charge in [-0.05, 0) is 13.0 Å². The number of aryl methyl sites for hydroxylation is 1.